The molecule has 0 radical (unpaired) electrons. The van der Waals surface area contributed by atoms with Gasteiger partial charge in [-0.15, -0.1) is 0 Å². The van der Waals surface area contributed by atoms with Crippen molar-refractivity contribution >= 4 is 11.6 Å². The van der Waals surface area contributed by atoms with Gasteiger partial charge in [0.2, 0.25) is 0 Å². The first kappa shape index (κ1) is 17.6. The van der Waals surface area contributed by atoms with Gasteiger partial charge in [0.25, 0.3) is 0 Å². The van der Waals surface area contributed by atoms with Crippen LogP contribution in [0, 0.1) is 5.92 Å². The monoisotopic (exact) mass is 344 g/mol. The number of hydrogen-bond donors (Lipinski definition) is 0. The Kier molecular flexibility index (Phi) is 5.28. The highest BCUT2D eigenvalue weighted by Gasteiger charge is 2.19. The van der Waals surface area contributed by atoms with Gasteiger partial charge in [0, 0.05) is 17.0 Å². The number of hydrogen-bond acceptors (Lipinski definition) is 3. The minimum absolute atomic E-state index is 0.0735. The van der Waals surface area contributed by atoms with Gasteiger partial charge in [-0.2, -0.15) is 0 Å². The summed E-state index contributed by atoms with van der Waals surface area (Å²) in [6.45, 7) is 5.36. The van der Waals surface area contributed by atoms with Crippen LogP contribution in [0.25, 0.3) is 0 Å². The second-order valence-corrected chi connectivity index (χ2v) is 6.27. The van der Waals surface area contributed by atoms with E-state index >= 15 is 0 Å². The molecular weight excluding hydrogens is 324 g/mol. The van der Waals surface area contributed by atoms with Gasteiger partial charge in [-0.3, -0.25) is 9.59 Å². The summed E-state index contributed by atoms with van der Waals surface area (Å²) in [6, 6.07) is 16.3. The molecule has 26 heavy (non-hydrogen) atoms. The molecule has 3 rings (SSSR count). The summed E-state index contributed by atoms with van der Waals surface area (Å²) in [5, 5.41) is 0. The Morgan fingerprint density at radius 3 is 2.27 bits per heavy atom. The Hall–Kier alpha value is -3.20. The number of Topliss-reactive ketones (excluding diaryl/α,β-unsaturated/α-hetero) is 2. The van der Waals surface area contributed by atoms with Crippen LogP contribution in [0.2, 0.25) is 0 Å². The zero-order valence-corrected chi connectivity index (χ0v) is 14.6. The fourth-order valence-corrected chi connectivity index (χ4v) is 2.74. The first-order chi connectivity index (χ1) is 12.5. The molecule has 3 heteroatoms. The number of ketones is 2. The molecule has 0 amide bonds. The van der Waals surface area contributed by atoms with Crippen molar-refractivity contribution in [2.24, 2.45) is 5.92 Å². The fraction of sp³-hybridized carbons (Fsp3) is 0.130. The molecule has 2 aromatic carbocycles. The average Bonchev–Trinajstić information content (AvgIpc) is 2.68. The van der Waals surface area contributed by atoms with Crippen LogP contribution >= 0.6 is 0 Å². The summed E-state index contributed by atoms with van der Waals surface area (Å²) in [5.41, 5.74) is 1.81. The molecule has 130 valence electrons. The Balaban J connectivity index is 1.62. The molecule has 1 unspecified atom stereocenters. The maximum atomic E-state index is 12.5. The molecule has 0 heterocycles. The molecule has 0 aromatic heterocycles. The van der Waals surface area contributed by atoms with E-state index in [9.17, 15) is 9.59 Å². The van der Waals surface area contributed by atoms with Crippen molar-refractivity contribution in [2.75, 3.05) is 0 Å². The molecule has 1 aliphatic rings. The van der Waals surface area contributed by atoms with E-state index in [0.717, 1.165) is 5.56 Å². The average molecular weight is 344 g/mol. The summed E-state index contributed by atoms with van der Waals surface area (Å²) in [5.74, 6) is 1.21. The normalized spacial score (nSPS) is 15.9. The zero-order chi connectivity index (χ0) is 18.5. The summed E-state index contributed by atoms with van der Waals surface area (Å²) < 4.78 is 5.81. The van der Waals surface area contributed by atoms with Gasteiger partial charge in [-0.25, -0.2) is 0 Å². The maximum Gasteiger partial charge on any atom is 0.188 e. The Morgan fingerprint density at radius 1 is 1.00 bits per heavy atom. The third-order valence-electron chi connectivity index (χ3n) is 4.20. The van der Waals surface area contributed by atoms with E-state index in [0.29, 0.717) is 29.1 Å². The third-order valence-corrected chi connectivity index (χ3v) is 4.20. The molecule has 1 atom stereocenters. The van der Waals surface area contributed by atoms with Gasteiger partial charge in [-0.1, -0.05) is 43.0 Å². The molecule has 0 bridgehead atoms. The number of carbonyl (C=O) groups is 2. The predicted octanol–water partition coefficient (Wildman–Crippen LogP) is 5.17. The topological polar surface area (TPSA) is 43.4 Å². The highest BCUT2D eigenvalue weighted by Crippen LogP contribution is 2.24. The lowest BCUT2D eigenvalue weighted by Crippen LogP contribution is -2.14. The third kappa shape index (κ3) is 4.06. The minimum Gasteiger partial charge on any atom is -0.458 e. The second kappa shape index (κ2) is 7.79. The zero-order valence-electron chi connectivity index (χ0n) is 14.6. The molecule has 2 aromatic rings. The van der Waals surface area contributed by atoms with E-state index in [4.69, 9.17) is 4.74 Å². The van der Waals surface area contributed by atoms with E-state index < -0.39 is 0 Å². The van der Waals surface area contributed by atoms with Crippen molar-refractivity contribution in [2.45, 2.75) is 13.3 Å². The van der Waals surface area contributed by atoms with Crippen molar-refractivity contribution in [3.63, 3.8) is 0 Å². The van der Waals surface area contributed by atoms with Crippen LogP contribution in [0.3, 0.4) is 0 Å². The number of benzene rings is 2. The van der Waals surface area contributed by atoms with Crippen LogP contribution in [-0.2, 0) is 0 Å². The van der Waals surface area contributed by atoms with Gasteiger partial charge in [0.1, 0.15) is 11.5 Å². The number of allylic oxidation sites excluding steroid dienone is 4. The standard InChI is InChI=1S/C23H20O3/c1-16(2)22(24)18-8-12-20(13-9-18)26-21-14-10-19(11-15-21)23(25)17-6-4-3-5-7-17/h3-10,12-15,19H,1,11H2,2H3. The first-order valence-corrected chi connectivity index (χ1v) is 8.50. The molecule has 0 aliphatic heterocycles. The number of ether oxygens (including phenoxy) is 1. The SMILES string of the molecule is C=C(C)C(=O)c1ccc(OC2=CCC(C(=O)c3ccccc3)C=C2)cc1. The molecule has 0 saturated heterocycles. The highest BCUT2D eigenvalue weighted by molar-refractivity contribution is 6.07. The summed E-state index contributed by atoms with van der Waals surface area (Å²) in [7, 11) is 0. The van der Waals surface area contributed by atoms with E-state index in [-0.39, 0.29) is 17.5 Å². The Morgan fingerprint density at radius 2 is 1.69 bits per heavy atom. The number of carbonyl (C=O) groups excluding carboxylic acids is 2. The van der Waals surface area contributed by atoms with Gasteiger partial charge < -0.3 is 4.74 Å². The highest BCUT2D eigenvalue weighted by atomic mass is 16.5. The van der Waals surface area contributed by atoms with Gasteiger partial charge in [0.15, 0.2) is 11.6 Å². The lowest BCUT2D eigenvalue weighted by molar-refractivity contribution is 0.0944. The van der Waals surface area contributed by atoms with Crippen molar-refractivity contribution in [3.8, 4) is 5.75 Å². The second-order valence-electron chi connectivity index (χ2n) is 6.27. The quantitative estimate of drug-likeness (QED) is 0.536. The number of rotatable bonds is 6. The maximum absolute atomic E-state index is 12.5. The van der Waals surface area contributed by atoms with Crippen LogP contribution in [0.5, 0.6) is 5.75 Å². The van der Waals surface area contributed by atoms with Crippen molar-refractivity contribution in [3.05, 3.63) is 102 Å². The fourth-order valence-electron chi connectivity index (χ4n) is 2.74. The smallest absolute Gasteiger partial charge is 0.188 e. The molecular formula is C23H20O3. The van der Waals surface area contributed by atoms with Crippen molar-refractivity contribution in [1.29, 1.82) is 0 Å². The largest absolute Gasteiger partial charge is 0.458 e. The molecule has 1 aliphatic carbocycles. The van der Waals surface area contributed by atoms with Crippen LogP contribution in [0.15, 0.2) is 90.7 Å². The molecule has 0 saturated carbocycles. The van der Waals surface area contributed by atoms with Crippen LogP contribution in [-0.4, -0.2) is 11.6 Å². The Labute approximate surface area is 153 Å². The molecule has 0 N–H and O–H groups in total. The van der Waals surface area contributed by atoms with E-state index in [1.807, 2.05) is 48.6 Å². The minimum atomic E-state index is -0.166. The Bertz CT molecular complexity index is 887. The first-order valence-electron chi connectivity index (χ1n) is 8.50. The lowest BCUT2D eigenvalue weighted by atomic mass is 9.91. The summed E-state index contributed by atoms with van der Waals surface area (Å²) in [4.78, 5) is 24.3. The van der Waals surface area contributed by atoms with E-state index in [2.05, 4.69) is 6.58 Å². The van der Waals surface area contributed by atoms with Gasteiger partial charge in [-0.05, 0) is 55.3 Å². The van der Waals surface area contributed by atoms with Crippen LogP contribution < -0.4 is 4.74 Å². The van der Waals surface area contributed by atoms with Crippen LogP contribution in [0.4, 0.5) is 0 Å². The molecule has 0 spiro atoms. The predicted molar refractivity (Wildman–Crippen MR) is 102 cm³/mol. The summed E-state index contributed by atoms with van der Waals surface area (Å²) >= 11 is 0. The lowest BCUT2D eigenvalue weighted by Gasteiger charge is -2.16. The van der Waals surface area contributed by atoms with Crippen molar-refractivity contribution in [1.82, 2.24) is 0 Å². The molecule has 3 nitrogen and oxygen atoms in total. The van der Waals surface area contributed by atoms with Crippen LogP contribution in [0.1, 0.15) is 34.1 Å². The van der Waals surface area contributed by atoms with E-state index in [1.54, 1.807) is 31.2 Å². The molecule has 0 fully saturated rings. The van der Waals surface area contributed by atoms with Gasteiger partial charge in [0.05, 0.1) is 0 Å². The van der Waals surface area contributed by atoms with Crippen molar-refractivity contribution < 1.29 is 14.3 Å². The summed E-state index contributed by atoms with van der Waals surface area (Å²) in [6.07, 6.45) is 6.22. The van der Waals surface area contributed by atoms with Gasteiger partial charge >= 0.3 is 0 Å². The van der Waals surface area contributed by atoms with E-state index in [1.165, 1.54) is 0 Å².